The standard InChI is InChI=1S/C16H14O5S/c1-19-13-10-11(6-8-15(17)20-2)5-7-12(13)21-16(18)14-4-3-9-22-14/h3-10H,1-2H3/b8-6+. The van der Waals surface area contributed by atoms with E-state index in [9.17, 15) is 9.59 Å². The van der Waals surface area contributed by atoms with Gasteiger partial charge in [-0.3, -0.25) is 0 Å². The Kier molecular flexibility index (Phi) is 5.32. The van der Waals surface area contributed by atoms with E-state index in [0.29, 0.717) is 16.4 Å². The zero-order valence-corrected chi connectivity index (χ0v) is 12.9. The Bertz CT molecular complexity index is 689. The molecule has 0 saturated carbocycles. The molecular formula is C16H14O5S. The first-order valence-electron chi connectivity index (χ1n) is 6.34. The highest BCUT2D eigenvalue weighted by atomic mass is 32.1. The number of benzene rings is 1. The van der Waals surface area contributed by atoms with E-state index in [4.69, 9.17) is 9.47 Å². The van der Waals surface area contributed by atoms with Crippen molar-refractivity contribution in [2.45, 2.75) is 0 Å². The number of ether oxygens (including phenoxy) is 3. The van der Waals surface area contributed by atoms with Crippen LogP contribution in [0.2, 0.25) is 0 Å². The van der Waals surface area contributed by atoms with Gasteiger partial charge in [0.15, 0.2) is 11.5 Å². The van der Waals surface area contributed by atoms with Crippen molar-refractivity contribution >= 4 is 29.4 Å². The zero-order chi connectivity index (χ0) is 15.9. The Hall–Kier alpha value is -2.60. The number of hydrogen-bond donors (Lipinski definition) is 0. The topological polar surface area (TPSA) is 61.8 Å². The van der Waals surface area contributed by atoms with E-state index < -0.39 is 11.9 Å². The lowest BCUT2D eigenvalue weighted by Crippen LogP contribution is -2.07. The van der Waals surface area contributed by atoms with Crippen LogP contribution in [0.15, 0.2) is 41.8 Å². The summed E-state index contributed by atoms with van der Waals surface area (Å²) in [5.41, 5.74) is 0.721. The molecule has 0 bridgehead atoms. The van der Waals surface area contributed by atoms with E-state index in [1.807, 2.05) is 0 Å². The molecule has 0 aliphatic heterocycles. The molecule has 2 aromatic rings. The van der Waals surface area contributed by atoms with Gasteiger partial charge in [0.25, 0.3) is 0 Å². The average Bonchev–Trinajstić information content (AvgIpc) is 3.08. The first kappa shape index (κ1) is 15.8. The molecule has 0 radical (unpaired) electrons. The van der Waals surface area contributed by atoms with Crippen LogP contribution >= 0.6 is 11.3 Å². The molecule has 1 heterocycles. The van der Waals surface area contributed by atoms with Gasteiger partial charge in [-0.25, -0.2) is 9.59 Å². The number of carbonyl (C=O) groups is 2. The highest BCUT2D eigenvalue weighted by molar-refractivity contribution is 7.12. The molecular weight excluding hydrogens is 304 g/mol. The maximum Gasteiger partial charge on any atom is 0.353 e. The summed E-state index contributed by atoms with van der Waals surface area (Å²) >= 11 is 1.30. The van der Waals surface area contributed by atoms with Crippen molar-refractivity contribution in [3.8, 4) is 11.5 Å². The van der Waals surface area contributed by atoms with Crippen molar-refractivity contribution in [1.82, 2.24) is 0 Å². The van der Waals surface area contributed by atoms with E-state index in [0.717, 1.165) is 5.56 Å². The van der Waals surface area contributed by atoms with E-state index in [-0.39, 0.29) is 0 Å². The van der Waals surface area contributed by atoms with Crippen LogP contribution in [0.25, 0.3) is 6.08 Å². The lowest BCUT2D eigenvalue weighted by atomic mass is 10.2. The summed E-state index contributed by atoms with van der Waals surface area (Å²) in [6.07, 6.45) is 2.88. The molecule has 0 aliphatic rings. The summed E-state index contributed by atoms with van der Waals surface area (Å²) in [5, 5.41) is 1.80. The first-order chi connectivity index (χ1) is 10.6. The van der Waals surface area contributed by atoms with E-state index in [1.165, 1.54) is 31.6 Å². The Morgan fingerprint density at radius 3 is 2.59 bits per heavy atom. The fraction of sp³-hybridized carbons (Fsp3) is 0.125. The van der Waals surface area contributed by atoms with Crippen molar-refractivity contribution in [1.29, 1.82) is 0 Å². The molecule has 0 aliphatic carbocycles. The maximum absolute atomic E-state index is 11.9. The molecule has 1 aromatic carbocycles. The third-order valence-corrected chi connectivity index (χ3v) is 3.58. The second kappa shape index (κ2) is 7.42. The van der Waals surface area contributed by atoms with Crippen LogP contribution in [0, 0.1) is 0 Å². The van der Waals surface area contributed by atoms with Crippen LogP contribution in [0.3, 0.4) is 0 Å². The van der Waals surface area contributed by atoms with Gasteiger partial charge in [0, 0.05) is 6.08 Å². The summed E-state index contributed by atoms with van der Waals surface area (Å²) in [6, 6.07) is 8.45. The van der Waals surface area contributed by atoms with E-state index >= 15 is 0 Å². The van der Waals surface area contributed by atoms with E-state index in [2.05, 4.69) is 4.74 Å². The number of esters is 2. The molecule has 0 amide bonds. The molecule has 6 heteroatoms. The van der Waals surface area contributed by atoms with Crippen LogP contribution < -0.4 is 9.47 Å². The summed E-state index contributed by atoms with van der Waals surface area (Å²) < 4.78 is 15.0. The number of rotatable bonds is 5. The fourth-order valence-electron chi connectivity index (χ4n) is 1.65. The minimum Gasteiger partial charge on any atom is -0.493 e. The van der Waals surface area contributed by atoms with Crippen molar-refractivity contribution in [2.75, 3.05) is 14.2 Å². The van der Waals surface area contributed by atoms with Crippen LogP contribution in [-0.2, 0) is 9.53 Å². The zero-order valence-electron chi connectivity index (χ0n) is 12.1. The van der Waals surface area contributed by atoms with Crippen molar-refractivity contribution < 1.29 is 23.8 Å². The van der Waals surface area contributed by atoms with Crippen LogP contribution in [0.4, 0.5) is 0 Å². The Balaban J connectivity index is 2.17. The lowest BCUT2D eigenvalue weighted by Gasteiger charge is -2.09. The summed E-state index contributed by atoms with van der Waals surface area (Å²) in [7, 11) is 2.78. The second-order valence-electron chi connectivity index (χ2n) is 4.13. The smallest absolute Gasteiger partial charge is 0.353 e. The van der Waals surface area contributed by atoms with Crippen molar-refractivity contribution in [2.24, 2.45) is 0 Å². The van der Waals surface area contributed by atoms with Gasteiger partial charge in [-0.05, 0) is 35.2 Å². The number of methoxy groups -OCH3 is 2. The molecule has 2 rings (SSSR count). The normalized spacial score (nSPS) is 10.5. The Labute approximate surface area is 131 Å². The predicted molar refractivity (Wildman–Crippen MR) is 83.3 cm³/mol. The van der Waals surface area contributed by atoms with Crippen LogP contribution in [0.1, 0.15) is 15.2 Å². The fourth-order valence-corrected chi connectivity index (χ4v) is 2.25. The summed E-state index contributed by atoms with van der Waals surface area (Å²) in [5.74, 6) is -0.175. The van der Waals surface area contributed by atoms with Gasteiger partial charge in [-0.15, -0.1) is 11.3 Å². The highest BCUT2D eigenvalue weighted by Gasteiger charge is 2.13. The molecule has 5 nitrogen and oxygen atoms in total. The summed E-state index contributed by atoms with van der Waals surface area (Å²) in [4.78, 5) is 23.5. The molecule has 22 heavy (non-hydrogen) atoms. The minimum absolute atomic E-state index is 0.316. The second-order valence-corrected chi connectivity index (χ2v) is 5.08. The highest BCUT2D eigenvalue weighted by Crippen LogP contribution is 2.29. The molecule has 0 atom stereocenters. The van der Waals surface area contributed by atoms with Crippen LogP contribution in [0.5, 0.6) is 11.5 Å². The Morgan fingerprint density at radius 1 is 1.14 bits per heavy atom. The average molecular weight is 318 g/mol. The number of carbonyl (C=O) groups excluding carboxylic acids is 2. The van der Waals surface area contributed by atoms with Gasteiger partial charge in [0.2, 0.25) is 0 Å². The predicted octanol–water partition coefficient (Wildman–Crippen LogP) is 3.16. The van der Waals surface area contributed by atoms with Gasteiger partial charge in [-0.2, -0.15) is 0 Å². The van der Waals surface area contributed by atoms with Crippen molar-refractivity contribution in [3.05, 3.63) is 52.2 Å². The van der Waals surface area contributed by atoms with Gasteiger partial charge in [-0.1, -0.05) is 12.1 Å². The van der Waals surface area contributed by atoms with E-state index in [1.54, 1.807) is 41.8 Å². The third kappa shape index (κ3) is 3.95. The largest absolute Gasteiger partial charge is 0.493 e. The van der Waals surface area contributed by atoms with Gasteiger partial charge >= 0.3 is 11.9 Å². The molecule has 0 spiro atoms. The quantitative estimate of drug-likeness (QED) is 0.481. The first-order valence-corrected chi connectivity index (χ1v) is 7.21. The molecule has 0 saturated heterocycles. The third-order valence-electron chi connectivity index (χ3n) is 2.73. The van der Waals surface area contributed by atoms with Crippen molar-refractivity contribution in [3.63, 3.8) is 0 Å². The number of thiophene rings is 1. The van der Waals surface area contributed by atoms with Gasteiger partial charge in [0.05, 0.1) is 14.2 Å². The molecule has 0 unspecified atom stereocenters. The maximum atomic E-state index is 11.9. The molecule has 1 aromatic heterocycles. The molecule has 0 fully saturated rings. The molecule has 0 N–H and O–H groups in total. The SMILES string of the molecule is COC(=O)/C=C/c1ccc(OC(=O)c2cccs2)c(OC)c1. The molecule has 114 valence electrons. The van der Waals surface area contributed by atoms with Gasteiger partial charge in [0.1, 0.15) is 4.88 Å². The Morgan fingerprint density at radius 2 is 1.95 bits per heavy atom. The monoisotopic (exact) mass is 318 g/mol. The van der Waals surface area contributed by atoms with Crippen LogP contribution in [-0.4, -0.2) is 26.2 Å². The van der Waals surface area contributed by atoms with Gasteiger partial charge < -0.3 is 14.2 Å². The summed E-state index contributed by atoms with van der Waals surface area (Å²) in [6.45, 7) is 0. The lowest BCUT2D eigenvalue weighted by molar-refractivity contribution is -0.134. The minimum atomic E-state index is -0.452. The number of hydrogen-bond acceptors (Lipinski definition) is 6.